The second-order valence-electron chi connectivity index (χ2n) is 6.23. The highest BCUT2D eigenvalue weighted by Gasteiger charge is 2.38. The van der Waals surface area contributed by atoms with Gasteiger partial charge in [-0.3, -0.25) is 9.69 Å². The van der Waals surface area contributed by atoms with E-state index in [0.717, 1.165) is 5.56 Å². The Balaban J connectivity index is 1.75. The lowest BCUT2D eigenvalue weighted by molar-refractivity contribution is -0.114. The van der Waals surface area contributed by atoms with E-state index < -0.39 is 11.2 Å². The quantitative estimate of drug-likeness (QED) is 0.511. The van der Waals surface area contributed by atoms with Gasteiger partial charge in [0.05, 0.1) is 4.91 Å². The molecule has 1 aliphatic rings. The molecule has 0 aromatic heterocycles. The lowest BCUT2D eigenvalue weighted by atomic mass is 10.1. The molecule has 0 radical (unpaired) electrons. The second-order valence-corrected chi connectivity index (χ2v) is 7.36. The molecule has 1 unspecified atom stereocenters. The summed E-state index contributed by atoms with van der Waals surface area (Å²) in [6.45, 7) is 0. The van der Waals surface area contributed by atoms with E-state index in [4.69, 9.17) is 0 Å². The predicted octanol–water partition coefficient (Wildman–Crippen LogP) is 5.92. The summed E-state index contributed by atoms with van der Waals surface area (Å²) in [5, 5.41) is -0.426. The third kappa shape index (κ3) is 3.68. The van der Waals surface area contributed by atoms with E-state index in [1.54, 1.807) is 35.2 Å². The van der Waals surface area contributed by atoms with Crippen LogP contribution in [0.2, 0.25) is 0 Å². The minimum Gasteiger partial charge on any atom is -0.291 e. The maximum atomic E-state index is 13.3. The van der Waals surface area contributed by atoms with Gasteiger partial charge < -0.3 is 0 Å². The summed E-state index contributed by atoms with van der Waals surface area (Å²) in [7, 11) is 0. The third-order valence-corrected chi connectivity index (χ3v) is 5.58. The lowest BCUT2D eigenvalue weighted by Gasteiger charge is -2.23. The zero-order valence-corrected chi connectivity index (χ0v) is 15.3. The van der Waals surface area contributed by atoms with Gasteiger partial charge in [-0.25, -0.2) is 13.2 Å². The van der Waals surface area contributed by atoms with E-state index in [1.807, 2.05) is 0 Å². The van der Waals surface area contributed by atoms with Crippen LogP contribution in [0.15, 0.2) is 77.7 Å². The molecule has 0 saturated carbocycles. The molecule has 2 nitrogen and oxygen atoms in total. The van der Waals surface area contributed by atoms with Crippen molar-refractivity contribution in [1.82, 2.24) is 0 Å². The number of thioether (sulfide) groups is 1. The summed E-state index contributed by atoms with van der Waals surface area (Å²) in [5.74, 6) is -1.38. The number of benzene rings is 3. The first-order valence-electron chi connectivity index (χ1n) is 8.50. The normalized spacial score (nSPS) is 18.1. The summed E-state index contributed by atoms with van der Waals surface area (Å²) in [4.78, 5) is 15.1. The van der Waals surface area contributed by atoms with Crippen molar-refractivity contribution >= 4 is 29.4 Å². The average molecular weight is 397 g/mol. The van der Waals surface area contributed by atoms with Crippen LogP contribution in [-0.2, 0) is 4.79 Å². The minimum absolute atomic E-state index is 0.254. The van der Waals surface area contributed by atoms with Crippen molar-refractivity contribution < 1.29 is 18.0 Å². The third-order valence-electron chi connectivity index (χ3n) is 4.33. The number of carbonyl (C=O) groups is 1. The highest BCUT2D eigenvalue weighted by molar-refractivity contribution is 8.05. The van der Waals surface area contributed by atoms with Crippen LogP contribution in [0, 0.1) is 17.5 Å². The van der Waals surface area contributed by atoms with Crippen LogP contribution in [0.3, 0.4) is 0 Å². The molecular weight excluding hydrogens is 383 g/mol. The number of carbonyl (C=O) groups excluding carboxylic acids is 1. The van der Waals surface area contributed by atoms with Crippen molar-refractivity contribution in [2.45, 2.75) is 5.37 Å². The molecule has 1 amide bonds. The van der Waals surface area contributed by atoms with Gasteiger partial charge in [0.1, 0.15) is 22.8 Å². The molecule has 6 heteroatoms. The number of anilines is 1. The van der Waals surface area contributed by atoms with Crippen LogP contribution in [0.4, 0.5) is 18.9 Å². The molecule has 28 heavy (non-hydrogen) atoms. The van der Waals surface area contributed by atoms with Gasteiger partial charge in [0, 0.05) is 5.69 Å². The second kappa shape index (κ2) is 7.56. The Kier molecular flexibility index (Phi) is 4.96. The molecule has 0 spiro atoms. The molecule has 0 N–H and O–H groups in total. The van der Waals surface area contributed by atoms with Crippen molar-refractivity contribution in [1.29, 1.82) is 0 Å². The minimum atomic E-state index is -0.426. The number of hydrogen-bond acceptors (Lipinski definition) is 2. The number of amides is 1. The van der Waals surface area contributed by atoms with Gasteiger partial charge in [-0.1, -0.05) is 36.0 Å². The van der Waals surface area contributed by atoms with Gasteiger partial charge in [-0.15, -0.1) is 0 Å². The first-order chi connectivity index (χ1) is 13.5. The van der Waals surface area contributed by atoms with Crippen LogP contribution in [-0.4, -0.2) is 5.91 Å². The maximum Gasteiger partial charge on any atom is 0.266 e. The Morgan fingerprint density at radius 3 is 1.82 bits per heavy atom. The first-order valence-corrected chi connectivity index (χ1v) is 9.38. The van der Waals surface area contributed by atoms with E-state index in [9.17, 15) is 18.0 Å². The van der Waals surface area contributed by atoms with E-state index in [2.05, 4.69) is 0 Å². The first kappa shape index (κ1) is 18.4. The zero-order chi connectivity index (χ0) is 19.7. The summed E-state index contributed by atoms with van der Waals surface area (Å²) in [6.07, 6.45) is 1.69. The predicted molar refractivity (Wildman–Crippen MR) is 105 cm³/mol. The Morgan fingerprint density at radius 2 is 1.25 bits per heavy atom. The fourth-order valence-electron chi connectivity index (χ4n) is 2.95. The Morgan fingerprint density at radius 1 is 0.750 bits per heavy atom. The van der Waals surface area contributed by atoms with E-state index in [1.165, 1.54) is 60.3 Å². The summed E-state index contributed by atoms with van der Waals surface area (Å²) in [6, 6.07) is 17.4. The van der Waals surface area contributed by atoms with Gasteiger partial charge in [0.25, 0.3) is 5.91 Å². The monoisotopic (exact) mass is 397 g/mol. The molecule has 0 bridgehead atoms. The molecule has 1 heterocycles. The van der Waals surface area contributed by atoms with Gasteiger partial charge in [-0.05, 0) is 65.7 Å². The van der Waals surface area contributed by atoms with E-state index in [0.29, 0.717) is 16.2 Å². The lowest BCUT2D eigenvalue weighted by Crippen LogP contribution is -2.27. The van der Waals surface area contributed by atoms with Gasteiger partial charge in [0.15, 0.2) is 0 Å². The smallest absolute Gasteiger partial charge is 0.266 e. The molecule has 4 rings (SSSR count). The Hall–Kier alpha value is -2.99. The molecule has 140 valence electrons. The molecule has 3 aromatic rings. The van der Waals surface area contributed by atoms with Crippen LogP contribution < -0.4 is 4.90 Å². The number of hydrogen-bond donors (Lipinski definition) is 0. The number of halogens is 3. The molecule has 3 aromatic carbocycles. The topological polar surface area (TPSA) is 20.3 Å². The fraction of sp³-hybridized carbons (Fsp3) is 0.0455. The molecule has 1 saturated heterocycles. The molecule has 1 fully saturated rings. The molecule has 0 aliphatic carbocycles. The summed E-state index contributed by atoms with van der Waals surface area (Å²) < 4.78 is 39.8. The van der Waals surface area contributed by atoms with Crippen molar-refractivity contribution in [3.63, 3.8) is 0 Å². The summed E-state index contributed by atoms with van der Waals surface area (Å²) >= 11 is 1.31. The highest BCUT2D eigenvalue weighted by atomic mass is 32.2. The van der Waals surface area contributed by atoms with E-state index in [-0.39, 0.29) is 17.5 Å². The maximum absolute atomic E-state index is 13.3. The summed E-state index contributed by atoms with van der Waals surface area (Å²) in [5.41, 5.74) is 1.97. The van der Waals surface area contributed by atoms with Crippen LogP contribution in [0.5, 0.6) is 0 Å². The van der Waals surface area contributed by atoms with Crippen LogP contribution in [0.25, 0.3) is 6.08 Å². The van der Waals surface area contributed by atoms with Gasteiger partial charge >= 0.3 is 0 Å². The average Bonchev–Trinajstić information content (AvgIpc) is 3.01. The van der Waals surface area contributed by atoms with Gasteiger partial charge in [-0.2, -0.15) is 0 Å². The van der Waals surface area contributed by atoms with Crippen LogP contribution >= 0.6 is 11.8 Å². The van der Waals surface area contributed by atoms with Crippen molar-refractivity contribution in [3.8, 4) is 0 Å². The molecular formula is C22H14F3NOS. The van der Waals surface area contributed by atoms with Crippen molar-refractivity contribution in [2.24, 2.45) is 0 Å². The molecule has 1 aliphatic heterocycles. The Bertz CT molecular complexity index is 1030. The van der Waals surface area contributed by atoms with Crippen molar-refractivity contribution in [3.05, 3.63) is 106 Å². The van der Waals surface area contributed by atoms with Crippen LogP contribution in [0.1, 0.15) is 16.5 Å². The standard InChI is InChI=1S/C22H14F3NOS/c23-16-5-1-14(2-6-16)13-20-21(27)26(19-11-9-18(25)10-12-19)22(28-20)15-3-7-17(24)8-4-15/h1-13,22H. The number of nitrogens with zero attached hydrogens (tertiary/aromatic N) is 1. The van der Waals surface area contributed by atoms with Gasteiger partial charge in [0.2, 0.25) is 0 Å². The molecule has 1 atom stereocenters. The van der Waals surface area contributed by atoms with Crippen molar-refractivity contribution in [2.75, 3.05) is 4.90 Å². The SMILES string of the molecule is O=C1C(=Cc2ccc(F)cc2)SC(c2ccc(F)cc2)N1c1ccc(F)cc1. The zero-order valence-electron chi connectivity index (χ0n) is 14.5. The fourth-order valence-corrected chi connectivity index (χ4v) is 4.21. The highest BCUT2D eigenvalue weighted by Crippen LogP contribution is 2.48. The van der Waals surface area contributed by atoms with E-state index >= 15 is 0 Å². The largest absolute Gasteiger partial charge is 0.291 e. The Labute approximate surface area is 164 Å². The number of rotatable bonds is 3.